The van der Waals surface area contributed by atoms with Crippen molar-refractivity contribution in [1.29, 1.82) is 0 Å². The highest BCUT2D eigenvalue weighted by Gasteiger charge is 2.19. The molecule has 3 heteroatoms. The Morgan fingerprint density at radius 2 is 1.40 bits per heavy atom. The third-order valence-corrected chi connectivity index (χ3v) is 5.42. The molecule has 1 atom stereocenters. The van der Waals surface area contributed by atoms with Crippen LogP contribution in [0, 0.1) is 6.92 Å². The van der Waals surface area contributed by atoms with E-state index >= 15 is 0 Å². The molecule has 0 saturated heterocycles. The molecule has 0 saturated carbocycles. The van der Waals surface area contributed by atoms with Gasteiger partial charge < -0.3 is 9.57 Å². The van der Waals surface area contributed by atoms with Crippen molar-refractivity contribution in [2.45, 2.75) is 26.1 Å². The molecular formula is C27H27NO2. The number of rotatable bonds is 8. The Kier molecular flexibility index (Phi) is 6.31. The van der Waals surface area contributed by atoms with Gasteiger partial charge in [0.05, 0.1) is 24.1 Å². The van der Waals surface area contributed by atoms with Crippen molar-refractivity contribution in [3.05, 3.63) is 119 Å². The molecule has 0 radical (unpaired) electrons. The second kappa shape index (κ2) is 9.47. The summed E-state index contributed by atoms with van der Waals surface area (Å²) in [4.78, 5) is 5.70. The normalized spacial score (nSPS) is 11.9. The van der Waals surface area contributed by atoms with Gasteiger partial charge in [-0.2, -0.15) is 4.73 Å². The van der Waals surface area contributed by atoms with Crippen LogP contribution in [0.25, 0.3) is 11.3 Å². The van der Waals surface area contributed by atoms with Crippen molar-refractivity contribution in [3.63, 3.8) is 0 Å². The topological polar surface area (TPSA) is 23.4 Å². The first-order chi connectivity index (χ1) is 14.8. The van der Waals surface area contributed by atoms with Crippen molar-refractivity contribution >= 4 is 0 Å². The van der Waals surface area contributed by atoms with Gasteiger partial charge in [0, 0.05) is 12.0 Å². The highest BCUT2D eigenvalue weighted by atomic mass is 16.6. The summed E-state index contributed by atoms with van der Waals surface area (Å²) < 4.78 is 8.32. The molecule has 0 aliphatic carbocycles. The molecule has 152 valence electrons. The lowest BCUT2D eigenvalue weighted by Gasteiger charge is -2.19. The van der Waals surface area contributed by atoms with Crippen molar-refractivity contribution in [3.8, 4) is 11.3 Å². The average molecular weight is 398 g/mol. The molecule has 0 amide bonds. The number of hydrogen-bond acceptors (Lipinski definition) is 2. The van der Waals surface area contributed by atoms with Gasteiger partial charge in [-0.3, -0.25) is 0 Å². The third-order valence-electron chi connectivity index (χ3n) is 5.42. The monoisotopic (exact) mass is 397 g/mol. The smallest absolute Gasteiger partial charge is 0.104 e. The van der Waals surface area contributed by atoms with Crippen LogP contribution in [-0.2, 0) is 17.8 Å². The minimum atomic E-state index is -0.0403. The van der Waals surface area contributed by atoms with Gasteiger partial charge in [0.15, 0.2) is 0 Å². The highest BCUT2D eigenvalue weighted by molar-refractivity contribution is 5.62. The van der Waals surface area contributed by atoms with Crippen LogP contribution in [0.4, 0.5) is 0 Å². The number of aromatic nitrogens is 1. The fourth-order valence-corrected chi connectivity index (χ4v) is 3.80. The maximum Gasteiger partial charge on any atom is 0.104 e. The Hall–Kier alpha value is -3.30. The summed E-state index contributed by atoms with van der Waals surface area (Å²) in [6.07, 6.45) is 0.736. The van der Waals surface area contributed by atoms with Crippen LogP contribution in [0.2, 0.25) is 0 Å². The summed E-state index contributed by atoms with van der Waals surface area (Å²) in [7, 11) is 1.71. The third kappa shape index (κ3) is 4.47. The van der Waals surface area contributed by atoms with Gasteiger partial charge in [0.2, 0.25) is 0 Å². The summed E-state index contributed by atoms with van der Waals surface area (Å²) in [5, 5.41) is 0. The largest absolute Gasteiger partial charge is 0.417 e. The first kappa shape index (κ1) is 20.0. The van der Waals surface area contributed by atoms with Crippen molar-refractivity contribution in [1.82, 2.24) is 4.73 Å². The molecule has 0 bridgehead atoms. The van der Waals surface area contributed by atoms with Gasteiger partial charge in [0.25, 0.3) is 0 Å². The Labute approximate surface area is 178 Å². The zero-order valence-electron chi connectivity index (χ0n) is 17.5. The number of benzene rings is 3. The van der Waals surface area contributed by atoms with E-state index in [9.17, 15) is 0 Å². The molecule has 0 fully saturated rings. The summed E-state index contributed by atoms with van der Waals surface area (Å²) >= 11 is 0. The molecular weight excluding hydrogens is 370 g/mol. The van der Waals surface area contributed by atoms with Crippen LogP contribution in [0.5, 0.6) is 0 Å². The Morgan fingerprint density at radius 1 is 0.800 bits per heavy atom. The lowest BCUT2D eigenvalue weighted by molar-refractivity contribution is 0.0396. The molecule has 4 aromatic rings. The van der Waals surface area contributed by atoms with Crippen LogP contribution in [0.1, 0.15) is 28.5 Å². The second-order valence-electron chi connectivity index (χ2n) is 7.38. The molecule has 1 unspecified atom stereocenters. The fourth-order valence-electron chi connectivity index (χ4n) is 3.80. The standard InChI is InChI=1S/C27H27NO2/c1-21-25(18-26(28(21)29-2)23-14-8-4-9-15-23)19-27(24-16-10-5-11-17-24)30-20-22-12-6-3-7-13-22/h3-18,27H,19-20H2,1-2H3. The van der Waals surface area contributed by atoms with E-state index in [1.165, 1.54) is 16.7 Å². The first-order valence-electron chi connectivity index (χ1n) is 10.3. The van der Waals surface area contributed by atoms with Crippen LogP contribution in [0.15, 0.2) is 97.1 Å². The fraction of sp³-hybridized carbons (Fsp3) is 0.185. The number of nitrogens with zero attached hydrogens (tertiary/aromatic N) is 1. The zero-order chi connectivity index (χ0) is 20.8. The predicted molar refractivity (Wildman–Crippen MR) is 121 cm³/mol. The van der Waals surface area contributed by atoms with Crippen molar-refractivity contribution < 1.29 is 9.57 Å². The van der Waals surface area contributed by atoms with Gasteiger partial charge in [-0.15, -0.1) is 0 Å². The SMILES string of the molecule is COn1c(-c2ccccc2)cc(CC(OCc2ccccc2)c2ccccc2)c1C. The minimum absolute atomic E-state index is 0.0403. The molecule has 0 N–H and O–H groups in total. The molecule has 0 spiro atoms. The van der Waals surface area contributed by atoms with E-state index in [1.807, 2.05) is 47.2 Å². The van der Waals surface area contributed by atoms with E-state index in [0.29, 0.717) is 6.61 Å². The molecule has 1 aromatic heterocycles. The second-order valence-corrected chi connectivity index (χ2v) is 7.38. The Balaban J connectivity index is 1.63. The van der Waals surface area contributed by atoms with E-state index in [4.69, 9.17) is 9.57 Å². The maximum absolute atomic E-state index is 6.41. The quantitative estimate of drug-likeness (QED) is 0.363. The minimum Gasteiger partial charge on any atom is -0.417 e. The van der Waals surface area contributed by atoms with Gasteiger partial charge in [0.1, 0.15) is 7.11 Å². The van der Waals surface area contributed by atoms with Gasteiger partial charge in [-0.05, 0) is 29.7 Å². The molecule has 1 heterocycles. The van der Waals surface area contributed by atoms with E-state index in [2.05, 4.69) is 61.5 Å². The Bertz CT molecular complexity index is 1060. The van der Waals surface area contributed by atoms with E-state index in [0.717, 1.165) is 23.4 Å². The first-order valence-corrected chi connectivity index (χ1v) is 10.3. The zero-order valence-corrected chi connectivity index (χ0v) is 17.5. The van der Waals surface area contributed by atoms with Crippen LogP contribution < -0.4 is 4.84 Å². The molecule has 3 aromatic carbocycles. The Morgan fingerprint density at radius 3 is 2.03 bits per heavy atom. The highest BCUT2D eigenvalue weighted by Crippen LogP contribution is 2.30. The summed E-state index contributed by atoms with van der Waals surface area (Å²) in [6, 6.07) is 33.3. The molecule has 4 rings (SSSR count). The predicted octanol–water partition coefficient (Wildman–Crippen LogP) is 6.02. The lowest BCUT2D eigenvalue weighted by atomic mass is 10.0. The average Bonchev–Trinajstić information content (AvgIpc) is 3.13. The summed E-state index contributed by atoms with van der Waals surface area (Å²) in [5.74, 6) is 0. The summed E-state index contributed by atoms with van der Waals surface area (Å²) in [5.41, 5.74) is 6.86. The lowest BCUT2D eigenvalue weighted by Crippen LogP contribution is -2.11. The molecule has 3 nitrogen and oxygen atoms in total. The van der Waals surface area contributed by atoms with E-state index in [1.54, 1.807) is 7.11 Å². The van der Waals surface area contributed by atoms with Gasteiger partial charge in [-0.1, -0.05) is 91.0 Å². The number of ether oxygens (including phenoxy) is 1. The maximum atomic E-state index is 6.41. The van der Waals surface area contributed by atoms with Crippen molar-refractivity contribution in [2.75, 3.05) is 7.11 Å². The van der Waals surface area contributed by atoms with E-state index in [-0.39, 0.29) is 6.10 Å². The molecule has 30 heavy (non-hydrogen) atoms. The number of hydrogen-bond donors (Lipinski definition) is 0. The molecule has 0 aliphatic rings. The van der Waals surface area contributed by atoms with E-state index < -0.39 is 0 Å². The molecule has 0 aliphatic heterocycles. The summed E-state index contributed by atoms with van der Waals surface area (Å²) in [6.45, 7) is 2.68. The van der Waals surface area contributed by atoms with Gasteiger partial charge >= 0.3 is 0 Å². The van der Waals surface area contributed by atoms with Crippen LogP contribution >= 0.6 is 0 Å². The van der Waals surface area contributed by atoms with Gasteiger partial charge in [-0.25, -0.2) is 0 Å². The van der Waals surface area contributed by atoms with Crippen LogP contribution in [-0.4, -0.2) is 11.8 Å². The van der Waals surface area contributed by atoms with Crippen molar-refractivity contribution in [2.24, 2.45) is 0 Å². The van der Waals surface area contributed by atoms with Crippen LogP contribution in [0.3, 0.4) is 0 Å².